The summed E-state index contributed by atoms with van der Waals surface area (Å²) in [7, 11) is 0. The van der Waals surface area contributed by atoms with Crippen molar-refractivity contribution in [3.63, 3.8) is 0 Å². The summed E-state index contributed by atoms with van der Waals surface area (Å²) in [5.74, 6) is 0.979. The highest BCUT2D eigenvalue weighted by molar-refractivity contribution is 5.85. The van der Waals surface area contributed by atoms with Crippen LogP contribution in [0.15, 0.2) is 49.2 Å². The number of ether oxygens (including phenoxy) is 2. The monoisotopic (exact) mass is 230 g/mol. The smallest absolute Gasteiger partial charge is 0.237 e. The zero-order valence-corrected chi connectivity index (χ0v) is 9.59. The Balaban J connectivity index is 2.25. The third-order valence-corrected chi connectivity index (χ3v) is 2.39. The average Bonchev–Trinajstić information content (AvgIpc) is 2.29. The summed E-state index contributed by atoms with van der Waals surface area (Å²) in [6.45, 7) is 5.27. The molecular weight excluding hydrogens is 216 g/mol. The van der Waals surface area contributed by atoms with Crippen molar-refractivity contribution in [2.75, 3.05) is 0 Å². The van der Waals surface area contributed by atoms with Crippen molar-refractivity contribution in [1.29, 1.82) is 0 Å². The summed E-state index contributed by atoms with van der Waals surface area (Å²) in [6, 6.07) is 10.8. The van der Waals surface area contributed by atoms with E-state index >= 15 is 0 Å². The van der Waals surface area contributed by atoms with E-state index in [-0.39, 0.29) is 12.0 Å². The lowest BCUT2D eigenvalue weighted by molar-refractivity contribution is -0.0130. The minimum atomic E-state index is -0.373. The van der Waals surface area contributed by atoms with E-state index in [0.29, 0.717) is 0 Å². The standard InChI is InChI=1S/C14H14O3/c1-3-16-10(2)17-14-7-5-11-8-13(15)6-4-12(11)9-14/h3-10,15H,1H2,2H3. The summed E-state index contributed by atoms with van der Waals surface area (Å²) in [5.41, 5.74) is 0. The van der Waals surface area contributed by atoms with Crippen LogP contribution in [0.1, 0.15) is 6.92 Å². The molecule has 3 heteroatoms. The second-order valence-corrected chi connectivity index (χ2v) is 3.68. The Labute approximate surface area is 99.9 Å². The first-order chi connectivity index (χ1) is 8.19. The molecule has 0 heterocycles. The molecule has 2 aromatic rings. The van der Waals surface area contributed by atoms with Crippen molar-refractivity contribution < 1.29 is 14.6 Å². The molecule has 0 saturated carbocycles. The fourth-order valence-corrected chi connectivity index (χ4v) is 1.64. The van der Waals surface area contributed by atoms with E-state index in [1.165, 1.54) is 6.26 Å². The Hall–Kier alpha value is -2.16. The third kappa shape index (κ3) is 2.69. The van der Waals surface area contributed by atoms with Crippen LogP contribution in [-0.2, 0) is 4.74 Å². The zero-order valence-electron chi connectivity index (χ0n) is 9.59. The van der Waals surface area contributed by atoms with E-state index < -0.39 is 0 Å². The molecule has 0 aliphatic carbocycles. The van der Waals surface area contributed by atoms with Crippen molar-refractivity contribution in [2.45, 2.75) is 13.2 Å². The van der Waals surface area contributed by atoms with Gasteiger partial charge in [0.05, 0.1) is 6.26 Å². The van der Waals surface area contributed by atoms with Gasteiger partial charge in [-0.3, -0.25) is 0 Å². The predicted octanol–water partition coefficient (Wildman–Crippen LogP) is 3.43. The average molecular weight is 230 g/mol. The Bertz CT molecular complexity index is 534. The van der Waals surface area contributed by atoms with Crippen LogP contribution in [0.3, 0.4) is 0 Å². The molecule has 0 aromatic heterocycles. The van der Waals surface area contributed by atoms with Gasteiger partial charge < -0.3 is 14.6 Å². The highest BCUT2D eigenvalue weighted by Gasteiger charge is 2.03. The first kappa shape index (κ1) is 11.3. The minimum absolute atomic E-state index is 0.259. The summed E-state index contributed by atoms with van der Waals surface area (Å²) in [6.07, 6.45) is 0.978. The van der Waals surface area contributed by atoms with Crippen molar-refractivity contribution in [3.8, 4) is 11.5 Å². The molecule has 1 N–H and O–H groups in total. The second kappa shape index (κ2) is 4.78. The molecule has 1 atom stereocenters. The predicted molar refractivity (Wildman–Crippen MR) is 67.0 cm³/mol. The molecule has 0 aliphatic rings. The molecule has 3 nitrogen and oxygen atoms in total. The van der Waals surface area contributed by atoms with E-state index in [9.17, 15) is 5.11 Å². The van der Waals surface area contributed by atoms with Gasteiger partial charge in [-0.05, 0) is 35.0 Å². The van der Waals surface area contributed by atoms with Gasteiger partial charge in [0, 0.05) is 6.92 Å². The van der Waals surface area contributed by atoms with Gasteiger partial charge in [-0.1, -0.05) is 18.7 Å². The molecule has 88 valence electrons. The van der Waals surface area contributed by atoms with E-state index in [1.54, 1.807) is 19.1 Å². The lowest BCUT2D eigenvalue weighted by Crippen LogP contribution is -2.12. The van der Waals surface area contributed by atoms with Crippen LogP contribution in [0.2, 0.25) is 0 Å². The Morgan fingerprint density at radius 1 is 1.18 bits per heavy atom. The van der Waals surface area contributed by atoms with Crippen molar-refractivity contribution in [1.82, 2.24) is 0 Å². The molecule has 0 fully saturated rings. The molecule has 0 saturated heterocycles. The highest BCUT2D eigenvalue weighted by Crippen LogP contribution is 2.24. The van der Waals surface area contributed by atoms with Crippen LogP contribution in [-0.4, -0.2) is 11.4 Å². The highest BCUT2D eigenvalue weighted by atomic mass is 16.7. The fourth-order valence-electron chi connectivity index (χ4n) is 1.64. The lowest BCUT2D eigenvalue weighted by Gasteiger charge is -2.14. The maximum absolute atomic E-state index is 9.35. The van der Waals surface area contributed by atoms with Crippen LogP contribution >= 0.6 is 0 Å². The number of aromatic hydroxyl groups is 1. The van der Waals surface area contributed by atoms with Crippen LogP contribution in [0, 0.1) is 0 Å². The molecule has 17 heavy (non-hydrogen) atoms. The molecule has 0 amide bonds. The zero-order chi connectivity index (χ0) is 12.3. The molecule has 0 bridgehead atoms. The van der Waals surface area contributed by atoms with Crippen molar-refractivity contribution in [2.24, 2.45) is 0 Å². The van der Waals surface area contributed by atoms with Crippen molar-refractivity contribution in [3.05, 3.63) is 49.2 Å². The maximum atomic E-state index is 9.35. The summed E-state index contributed by atoms with van der Waals surface area (Å²) >= 11 is 0. The number of rotatable bonds is 4. The van der Waals surface area contributed by atoms with Gasteiger partial charge in [0.1, 0.15) is 11.5 Å². The molecule has 1 unspecified atom stereocenters. The van der Waals surface area contributed by atoms with E-state index in [4.69, 9.17) is 9.47 Å². The van der Waals surface area contributed by atoms with E-state index in [0.717, 1.165) is 16.5 Å². The summed E-state index contributed by atoms with van der Waals surface area (Å²) in [4.78, 5) is 0. The number of phenols is 1. The maximum Gasteiger partial charge on any atom is 0.237 e. The van der Waals surface area contributed by atoms with Gasteiger partial charge in [0.25, 0.3) is 0 Å². The van der Waals surface area contributed by atoms with Gasteiger partial charge in [0.15, 0.2) is 0 Å². The topological polar surface area (TPSA) is 38.7 Å². The summed E-state index contributed by atoms with van der Waals surface area (Å²) < 4.78 is 10.6. The van der Waals surface area contributed by atoms with E-state index in [1.807, 2.05) is 24.3 Å². The van der Waals surface area contributed by atoms with Crippen LogP contribution in [0.5, 0.6) is 11.5 Å². The van der Waals surface area contributed by atoms with Gasteiger partial charge >= 0.3 is 0 Å². The number of hydrogen-bond acceptors (Lipinski definition) is 3. The van der Waals surface area contributed by atoms with Gasteiger partial charge in [-0.25, -0.2) is 0 Å². The number of benzene rings is 2. The molecule has 2 rings (SSSR count). The number of phenolic OH excluding ortho intramolecular Hbond substituents is 1. The van der Waals surface area contributed by atoms with Gasteiger partial charge in [0.2, 0.25) is 6.29 Å². The van der Waals surface area contributed by atoms with Crippen LogP contribution in [0.25, 0.3) is 10.8 Å². The third-order valence-electron chi connectivity index (χ3n) is 2.39. The minimum Gasteiger partial charge on any atom is -0.508 e. The molecule has 0 spiro atoms. The number of fused-ring (bicyclic) bond motifs is 1. The Kier molecular flexibility index (Phi) is 3.19. The lowest BCUT2D eigenvalue weighted by atomic mass is 10.1. The SMILES string of the molecule is C=COC(C)Oc1ccc2cc(O)ccc2c1. The first-order valence-corrected chi connectivity index (χ1v) is 5.35. The second-order valence-electron chi connectivity index (χ2n) is 3.68. The Morgan fingerprint density at radius 2 is 1.88 bits per heavy atom. The van der Waals surface area contributed by atoms with Crippen LogP contribution < -0.4 is 4.74 Å². The van der Waals surface area contributed by atoms with Crippen molar-refractivity contribution >= 4 is 10.8 Å². The molecule has 0 radical (unpaired) electrons. The van der Waals surface area contributed by atoms with Gasteiger partial charge in [-0.2, -0.15) is 0 Å². The normalized spacial score (nSPS) is 12.1. The Morgan fingerprint density at radius 3 is 2.65 bits per heavy atom. The summed E-state index contributed by atoms with van der Waals surface area (Å²) in [5, 5.41) is 11.3. The molecule has 2 aromatic carbocycles. The largest absolute Gasteiger partial charge is 0.508 e. The first-order valence-electron chi connectivity index (χ1n) is 5.35. The molecule has 0 aliphatic heterocycles. The van der Waals surface area contributed by atoms with E-state index in [2.05, 4.69) is 6.58 Å². The van der Waals surface area contributed by atoms with Crippen LogP contribution in [0.4, 0.5) is 0 Å². The number of hydrogen-bond donors (Lipinski definition) is 1. The molecular formula is C14H14O3. The quantitative estimate of drug-likeness (QED) is 0.646. The fraction of sp³-hybridized carbons (Fsp3) is 0.143. The van der Waals surface area contributed by atoms with Gasteiger partial charge in [-0.15, -0.1) is 0 Å².